The van der Waals surface area contributed by atoms with Gasteiger partial charge in [-0.1, -0.05) is 18.5 Å². The van der Waals surface area contributed by atoms with Crippen LogP contribution >= 0.6 is 27.5 Å². The number of hydrogen-bond donors (Lipinski definition) is 1. The van der Waals surface area contributed by atoms with E-state index in [0.717, 1.165) is 0 Å². The number of Topliss-reactive ketones (excluding diaryl/α,β-unsaturated/α-hetero) is 1. The zero-order valence-corrected chi connectivity index (χ0v) is 10.9. The quantitative estimate of drug-likeness (QED) is 0.867. The van der Waals surface area contributed by atoms with E-state index in [1.165, 1.54) is 0 Å². The second kappa shape index (κ2) is 5.46. The van der Waals surface area contributed by atoms with Gasteiger partial charge in [-0.15, -0.1) is 0 Å². The molecule has 1 atom stereocenters. The first-order chi connectivity index (χ1) is 7.41. The predicted octanol–water partition coefficient (Wildman–Crippen LogP) is 3.40. The molecule has 0 bridgehead atoms. The lowest BCUT2D eigenvalue weighted by Crippen LogP contribution is -2.15. The van der Waals surface area contributed by atoms with Gasteiger partial charge in [0.2, 0.25) is 0 Å². The summed E-state index contributed by atoms with van der Waals surface area (Å²) in [4.78, 5) is 22.4. The van der Waals surface area contributed by atoms with Gasteiger partial charge in [0.25, 0.3) is 0 Å². The fraction of sp³-hybridized carbons (Fsp3) is 0.273. The lowest BCUT2D eigenvalue weighted by Gasteiger charge is -2.09. The average molecular weight is 306 g/mol. The molecule has 1 aromatic carbocycles. The molecule has 1 rings (SSSR count). The number of carbonyl (C=O) groups is 2. The third-order valence-corrected chi connectivity index (χ3v) is 3.02. The maximum atomic E-state index is 11.9. The standard InChI is InChI=1S/C11H10BrClO3/c1-6(4-10(14)15)11(16)8-3-2-7(13)5-9(8)12/h2-3,5-6H,4H2,1H3,(H,14,15). The Morgan fingerprint density at radius 3 is 2.62 bits per heavy atom. The van der Waals surface area contributed by atoms with Crippen molar-refractivity contribution in [1.82, 2.24) is 0 Å². The van der Waals surface area contributed by atoms with E-state index < -0.39 is 11.9 Å². The van der Waals surface area contributed by atoms with E-state index in [9.17, 15) is 9.59 Å². The summed E-state index contributed by atoms with van der Waals surface area (Å²) in [6.07, 6.45) is -0.173. The van der Waals surface area contributed by atoms with Crippen molar-refractivity contribution < 1.29 is 14.7 Å². The molecule has 1 aromatic rings. The largest absolute Gasteiger partial charge is 0.481 e. The van der Waals surface area contributed by atoms with Crippen LogP contribution in [0.2, 0.25) is 5.02 Å². The van der Waals surface area contributed by atoms with E-state index >= 15 is 0 Å². The molecule has 1 N–H and O–H groups in total. The number of carboxylic acids is 1. The van der Waals surface area contributed by atoms with Crippen molar-refractivity contribution in [2.45, 2.75) is 13.3 Å². The number of rotatable bonds is 4. The van der Waals surface area contributed by atoms with Crippen LogP contribution in [0.3, 0.4) is 0 Å². The van der Waals surface area contributed by atoms with Gasteiger partial charge in [-0.25, -0.2) is 0 Å². The van der Waals surface area contributed by atoms with Gasteiger partial charge in [0.1, 0.15) is 0 Å². The third kappa shape index (κ3) is 3.32. The summed E-state index contributed by atoms with van der Waals surface area (Å²) in [5, 5.41) is 9.13. The summed E-state index contributed by atoms with van der Waals surface area (Å²) in [6.45, 7) is 1.59. The molecule has 0 aromatic heterocycles. The van der Waals surface area contributed by atoms with E-state index in [4.69, 9.17) is 16.7 Å². The van der Waals surface area contributed by atoms with Crippen molar-refractivity contribution in [1.29, 1.82) is 0 Å². The second-order valence-corrected chi connectivity index (χ2v) is 4.78. The van der Waals surface area contributed by atoms with Crippen molar-refractivity contribution >= 4 is 39.3 Å². The predicted molar refractivity (Wildman–Crippen MR) is 64.9 cm³/mol. The molecule has 0 amide bonds. The summed E-state index contributed by atoms with van der Waals surface area (Å²) < 4.78 is 0.585. The first kappa shape index (κ1) is 13.2. The molecule has 0 aliphatic carbocycles. The lowest BCUT2D eigenvalue weighted by atomic mass is 9.96. The van der Waals surface area contributed by atoms with Crippen LogP contribution in [-0.4, -0.2) is 16.9 Å². The molecule has 0 radical (unpaired) electrons. The van der Waals surface area contributed by atoms with Crippen LogP contribution in [0.4, 0.5) is 0 Å². The monoisotopic (exact) mass is 304 g/mol. The first-order valence-electron chi connectivity index (χ1n) is 4.63. The Balaban J connectivity index is 2.92. The normalized spacial score (nSPS) is 12.2. The number of ketones is 1. The zero-order chi connectivity index (χ0) is 12.3. The summed E-state index contributed by atoms with van der Waals surface area (Å²) >= 11 is 8.98. The molecule has 0 fully saturated rings. The van der Waals surface area contributed by atoms with Crippen LogP contribution < -0.4 is 0 Å². The summed E-state index contributed by atoms with van der Waals surface area (Å²) in [5.74, 6) is -1.73. The molecule has 0 heterocycles. The SMILES string of the molecule is CC(CC(=O)O)C(=O)c1ccc(Cl)cc1Br. The maximum absolute atomic E-state index is 11.9. The topological polar surface area (TPSA) is 54.4 Å². The highest BCUT2D eigenvalue weighted by Crippen LogP contribution is 2.24. The number of hydrogen-bond acceptors (Lipinski definition) is 2. The van der Waals surface area contributed by atoms with Gasteiger partial charge in [-0.3, -0.25) is 9.59 Å². The molecule has 1 unspecified atom stereocenters. The summed E-state index contributed by atoms with van der Waals surface area (Å²) in [6, 6.07) is 4.81. The number of halogens is 2. The van der Waals surface area contributed by atoms with Gasteiger partial charge in [-0.2, -0.15) is 0 Å². The molecule has 16 heavy (non-hydrogen) atoms. The van der Waals surface area contributed by atoms with Crippen LogP contribution in [-0.2, 0) is 4.79 Å². The number of aliphatic carboxylic acids is 1. The highest BCUT2D eigenvalue weighted by atomic mass is 79.9. The van der Waals surface area contributed by atoms with Crippen LogP contribution in [0, 0.1) is 5.92 Å². The Labute approximate surface area is 107 Å². The fourth-order valence-electron chi connectivity index (χ4n) is 1.31. The minimum Gasteiger partial charge on any atom is -0.481 e. The van der Waals surface area contributed by atoms with Crippen molar-refractivity contribution in [3.63, 3.8) is 0 Å². The van der Waals surface area contributed by atoms with Crippen molar-refractivity contribution in [3.8, 4) is 0 Å². The fourth-order valence-corrected chi connectivity index (χ4v) is 2.19. The van der Waals surface area contributed by atoms with Gasteiger partial charge < -0.3 is 5.11 Å². The Kier molecular flexibility index (Phi) is 4.50. The van der Waals surface area contributed by atoms with Crippen LogP contribution in [0.1, 0.15) is 23.7 Å². The number of carboxylic acid groups (broad SMARTS) is 1. The Morgan fingerprint density at radius 2 is 2.12 bits per heavy atom. The van der Waals surface area contributed by atoms with Gasteiger partial charge in [0.05, 0.1) is 6.42 Å². The van der Waals surface area contributed by atoms with Crippen molar-refractivity contribution in [2.75, 3.05) is 0 Å². The highest BCUT2D eigenvalue weighted by Gasteiger charge is 2.20. The van der Waals surface area contributed by atoms with Crippen LogP contribution in [0.5, 0.6) is 0 Å². The molecular formula is C11H10BrClO3. The highest BCUT2D eigenvalue weighted by molar-refractivity contribution is 9.10. The smallest absolute Gasteiger partial charge is 0.304 e. The van der Waals surface area contributed by atoms with E-state index in [2.05, 4.69) is 15.9 Å². The van der Waals surface area contributed by atoms with E-state index in [-0.39, 0.29) is 12.2 Å². The molecule has 0 spiro atoms. The first-order valence-corrected chi connectivity index (χ1v) is 5.80. The minimum atomic E-state index is -0.981. The molecule has 0 saturated heterocycles. The van der Waals surface area contributed by atoms with Crippen LogP contribution in [0.15, 0.2) is 22.7 Å². The lowest BCUT2D eigenvalue weighted by molar-refractivity contribution is -0.137. The molecule has 0 aliphatic rings. The third-order valence-electron chi connectivity index (χ3n) is 2.12. The van der Waals surface area contributed by atoms with Crippen molar-refractivity contribution in [2.24, 2.45) is 5.92 Å². The average Bonchev–Trinajstić information content (AvgIpc) is 2.15. The molecular weight excluding hydrogens is 295 g/mol. The molecule has 86 valence electrons. The molecule has 5 heteroatoms. The molecule has 0 aliphatic heterocycles. The summed E-state index contributed by atoms with van der Waals surface area (Å²) in [5.41, 5.74) is 0.457. The van der Waals surface area contributed by atoms with Gasteiger partial charge >= 0.3 is 5.97 Å². The number of benzene rings is 1. The Bertz CT molecular complexity index is 431. The van der Waals surface area contributed by atoms with E-state index in [1.54, 1.807) is 25.1 Å². The maximum Gasteiger partial charge on any atom is 0.304 e. The van der Waals surface area contributed by atoms with Gasteiger partial charge in [0, 0.05) is 21.0 Å². The van der Waals surface area contributed by atoms with Crippen molar-refractivity contribution in [3.05, 3.63) is 33.3 Å². The molecule has 3 nitrogen and oxygen atoms in total. The minimum absolute atomic E-state index is 0.173. The van der Waals surface area contributed by atoms with E-state index in [0.29, 0.717) is 15.1 Å². The van der Waals surface area contributed by atoms with Gasteiger partial charge in [0.15, 0.2) is 5.78 Å². The molecule has 0 saturated carbocycles. The Hall–Kier alpha value is -0.870. The van der Waals surface area contributed by atoms with E-state index in [1.807, 2.05) is 0 Å². The number of carbonyl (C=O) groups excluding carboxylic acids is 1. The summed E-state index contributed by atoms with van der Waals surface area (Å²) in [7, 11) is 0. The Morgan fingerprint density at radius 1 is 1.50 bits per heavy atom. The second-order valence-electron chi connectivity index (χ2n) is 3.49. The van der Waals surface area contributed by atoms with Gasteiger partial charge in [-0.05, 0) is 34.1 Å². The zero-order valence-electron chi connectivity index (χ0n) is 8.54. The van der Waals surface area contributed by atoms with Crippen LogP contribution in [0.25, 0.3) is 0 Å².